The number of sulfonamides is 1. The van der Waals surface area contributed by atoms with Crippen LogP contribution in [0.15, 0.2) is 11.1 Å². The lowest BCUT2D eigenvalue weighted by Gasteiger charge is -1.98. The first kappa shape index (κ1) is 15.5. The Morgan fingerprint density at radius 1 is 1.42 bits per heavy atom. The van der Waals surface area contributed by atoms with Crippen LogP contribution in [0.2, 0.25) is 0 Å². The zero-order chi connectivity index (χ0) is 14.8. The second kappa shape index (κ2) is 5.22. The van der Waals surface area contributed by atoms with Gasteiger partial charge in [-0.05, 0) is 4.92 Å². The van der Waals surface area contributed by atoms with Crippen LogP contribution in [0, 0.1) is 10.1 Å². The van der Waals surface area contributed by atoms with Crippen LogP contribution in [0.25, 0.3) is 0 Å². The molecule has 2 N–H and O–H groups in total. The maximum Gasteiger partial charge on any atom is 0.410 e. The minimum absolute atomic E-state index is 0.0849. The molecule has 0 unspecified atom stereocenters. The number of nitro groups is 1. The number of hydrogen-bond donors (Lipinski definition) is 1. The summed E-state index contributed by atoms with van der Waals surface area (Å²) in [6.07, 6.45) is 0.846. The van der Waals surface area contributed by atoms with Gasteiger partial charge in [-0.3, -0.25) is 0 Å². The van der Waals surface area contributed by atoms with E-state index in [1.165, 1.54) is 6.92 Å². The molecule has 0 aliphatic rings. The van der Waals surface area contributed by atoms with Crippen molar-refractivity contribution in [2.75, 3.05) is 11.5 Å². The summed E-state index contributed by atoms with van der Waals surface area (Å²) >= 11 is 0. The van der Waals surface area contributed by atoms with Crippen molar-refractivity contribution in [3.63, 3.8) is 0 Å². The van der Waals surface area contributed by atoms with Gasteiger partial charge in [0.2, 0.25) is 14.9 Å². The first-order chi connectivity index (χ1) is 8.57. The predicted octanol–water partition coefficient (Wildman–Crippen LogP) is -1.13. The Balaban J connectivity index is 3.10. The first-order valence-electron chi connectivity index (χ1n) is 5.02. The van der Waals surface area contributed by atoms with Crippen molar-refractivity contribution in [1.29, 1.82) is 0 Å². The summed E-state index contributed by atoms with van der Waals surface area (Å²) in [5.41, 5.74) is 0. The zero-order valence-electron chi connectivity index (χ0n) is 9.88. The number of aryl methyl sites for hydroxylation is 1. The molecular weight excluding hydrogens is 300 g/mol. The maximum absolute atomic E-state index is 11.3. The standard InChI is InChI=1S/C7H12N4O6S2/c1-2-18(14,15)4-3-10-5-6(19(8,16)17)7(9-10)11(12)13/h5H,2-4H2,1H3,(H2,8,16,17). The van der Waals surface area contributed by atoms with Crippen LogP contribution in [-0.2, 0) is 26.4 Å². The predicted molar refractivity (Wildman–Crippen MR) is 64.6 cm³/mol. The molecule has 0 aromatic carbocycles. The summed E-state index contributed by atoms with van der Waals surface area (Å²) < 4.78 is 45.7. The van der Waals surface area contributed by atoms with E-state index in [0.29, 0.717) is 0 Å². The van der Waals surface area contributed by atoms with E-state index in [4.69, 9.17) is 5.14 Å². The smallest absolute Gasteiger partial charge is 0.358 e. The molecule has 12 heteroatoms. The van der Waals surface area contributed by atoms with E-state index in [9.17, 15) is 26.9 Å². The van der Waals surface area contributed by atoms with E-state index < -0.39 is 35.5 Å². The van der Waals surface area contributed by atoms with Gasteiger partial charge in [-0.1, -0.05) is 6.92 Å². The molecule has 0 radical (unpaired) electrons. The summed E-state index contributed by atoms with van der Waals surface area (Å²) in [5, 5.41) is 18.9. The van der Waals surface area contributed by atoms with Gasteiger partial charge in [0, 0.05) is 5.75 Å². The van der Waals surface area contributed by atoms with Gasteiger partial charge in [0.1, 0.15) is 0 Å². The van der Waals surface area contributed by atoms with E-state index in [0.717, 1.165) is 10.9 Å². The summed E-state index contributed by atoms with van der Waals surface area (Å²) in [6, 6.07) is 0. The number of sulfone groups is 1. The Kier molecular flexibility index (Phi) is 4.27. The van der Waals surface area contributed by atoms with E-state index in [1.807, 2.05) is 0 Å². The zero-order valence-corrected chi connectivity index (χ0v) is 11.5. The molecule has 0 spiro atoms. The summed E-state index contributed by atoms with van der Waals surface area (Å²) in [6.45, 7) is 1.27. The third-order valence-electron chi connectivity index (χ3n) is 2.26. The van der Waals surface area contributed by atoms with Crippen molar-refractivity contribution >= 4 is 25.7 Å². The highest BCUT2D eigenvalue weighted by molar-refractivity contribution is 7.91. The van der Waals surface area contributed by atoms with E-state index in [2.05, 4.69) is 5.10 Å². The Labute approximate surface area is 109 Å². The normalized spacial score (nSPS) is 12.5. The number of rotatable bonds is 6. The first-order valence-corrected chi connectivity index (χ1v) is 8.38. The Morgan fingerprint density at radius 3 is 2.37 bits per heavy atom. The Morgan fingerprint density at radius 2 is 2.00 bits per heavy atom. The molecule has 0 aliphatic carbocycles. The van der Waals surface area contributed by atoms with Crippen molar-refractivity contribution in [1.82, 2.24) is 9.78 Å². The van der Waals surface area contributed by atoms with Crippen LogP contribution in [0.4, 0.5) is 5.82 Å². The van der Waals surface area contributed by atoms with Crippen LogP contribution in [0.1, 0.15) is 6.92 Å². The van der Waals surface area contributed by atoms with Gasteiger partial charge in [-0.15, -0.1) is 0 Å². The number of aromatic nitrogens is 2. The van der Waals surface area contributed by atoms with E-state index in [-0.39, 0.29) is 18.1 Å². The molecule has 0 atom stereocenters. The molecule has 1 aromatic heterocycles. The molecule has 0 fully saturated rings. The van der Waals surface area contributed by atoms with Crippen LogP contribution >= 0.6 is 0 Å². The highest BCUT2D eigenvalue weighted by Crippen LogP contribution is 2.19. The summed E-state index contributed by atoms with van der Waals surface area (Å²) in [5.74, 6) is -1.30. The van der Waals surface area contributed by atoms with Crippen LogP contribution in [0.5, 0.6) is 0 Å². The lowest BCUT2D eigenvalue weighted by atomic mass is 10.6. The lowest BCUT2D eigenvalue weighted by Crippen LogP contribution is -2.15. The SMILES string of the molecule is CCS(=O)(=O)CCn1cc(S(N)(=O)=O)c([N+](=O)[O-])n1. The number of nitrogens with two attached hydrogens (primary N) is 1. The third kappa shape index (κ3) is 3.97. The Hall–Kier alpha value is -1.53. The molecule has 0 bridgehead atoms. The minimum Gasteiger partial charge on any atom is -0.358 e. The van der Waals surface area contributed by atoms with Crippen LogP contribution in [0.3, 0.4) is 0 Å². The van der Waals surface area contributed by atoms with Gasteiger partial charge in [-0.2, -0.15) is 4.68 Å². The number of primary sulfonamides is 1. The van der Waals surface area contributed by atoms with Gasteiger partial charge < -0.3 is 10.1 Å². The van der Waals surface area contributed by atoms with Gasteiger partial charge in [0.15, 0.2) is 9.84 Å². The molecule has 1 aromatic rings. The fourth-order valence-corrected chi connectivity index (χ4v) is 2.60. The average molecular weight is 312 g/mol. The van der Waals surface area contributed by atoms with Crippen molar-refractivity contribution in [3.8, 4) is 0 Å². The number of nitrogens with zero attached hydrogens (tertiary/aromatic N) is 3. The Bertz CT molecular complexity index is 689. The topological polar surface area (TPSA) is 155 Å². The minimum atomic E-state index is -4.29. The fraction of sp³-hybridized carbons (Fsp3) is 0.571. The molecule has 1 heterocycles. The molecule has 19 heavy (non-hydrogen) atoms. The number of hydrogen-bond acceptors (Lipinski definition) is 7. The fourth-order valence-electron chi connectivity index (χ4n) is 1.21. The van der Waals surface area contributed by atoms with Gasteiger partial charge in [0.05, 0.1) is 23.6 Å². The van der Waals surface area contributed by atoms with E-state index in [1.54, 1.807) is 0 Å². The molecule has 0 aliphatic heterocycles. The van der Waals surface area contributed by atoms with Crippen LogP contribution < -0.4 is 5.14 Å². The van der Waals surface area contributed by atoms with Crippen molar-refractivity contribution in [2.45, 2.75) is 18.4 Å². The second-order valence-corrected chi connectivity index (χ2v) is 7.62. The van der Waals surface area contributed by atoms with Gasteiger partial charge >= 0.3 is 5.82 Å². The van der Waals surface area contributed by atoms with Gasteiger partial charge in [-0.25, -0.2) is 22.0 Å². The molecular formula is C7H12N4O6S2. The maximum atomic E-state index is 11.3. The highest BCUT2D eigenvalue weighted by Gasteiger charge is 2.29. The molecule has 0 amide bonds. The molecule has 0 saturated carbocycles. The molecule has 1 rings (SSSR count). The molecule has 108 valence electrons. The van der Waals surface area contributed by atoms with Crippen molar-refractivity contribution in [3.05, 3.63) is 16.3 Å². The molecule has 10 nitrogen and oxygen atoms in total. The highest BCUT2D eigenvalue weighted by atomic mass is 32.2. The van der Waals surface area contributed by atoms with Crippen molar-refractivity contribution in [2.24, 2.45) is 5.14 Å². The van der Waals surface area contributed by atoms with Crippen molar-refractivity contribution < 1.29 is 21.8 Å². The quantitative estimate of drug-likeness (QED) is 0.514. The summed E-state index contributed by atoms with van der Waals surface area (Å²) in [7, 11) is -7.58. The van der Waals surface area contributed by atoms with Crippen LogP contribution in [-0.4, -0.2) is 43.0 Å². The monoisotopic (exact) mass is 312 g/mol. The van der Waals surface area contributed by atoms with Gasteiger partial charge in [0.25, 0.3) is 0 Å². The summed E-state index contributed by atoms with van der Waals surface area (Å²) in [4.78, 5) is 8.89. The average Bonchev–Trinajstić information content (AvgIpc) is 2.70. The second-order valence-electron chi connectivity index (χ2n) is 3.62. The lowest BCUT2D eigenvalue weighted by molar-refractivity contribution is -0.392. The largest absolute Gasteiger partial charge is 0.410 e. The third-order valence-corrected chi connectivity index (χ3v) is 4.85. The van der Waals surface area contributed by atoms with E-state index >= 15 is 0 Å². The molecule has 0 saturated heterocycles.